The van der Waals surface area contributed by atoms with E-state index in [1.54, 1.807) is 0 Å². The van der Waals surface area contributed by atoms with E-state index in [4.69, 9.17) is 11.6 Å². The van der Waals surface area contributed by atoms with E-state index in [1.165, 1.54) is 24.6 Å². The number of hydrogen-bond donors (Lipinski definition) is 2. The highest BCUT2D eigenvalue weighted by Gasteiger charge is 2.17. The summed E-state index contributed by atoms with van der Waals surface area (Å²) in [5, 5.41) is 16.3. The molecule has 0 saturated heterocycles. The molecule has 0 aromatic heterocycles. The molecule has 0 unspecified atom stereocenters. The number of nitrogens with zero attached hydrogens (tertiary/aromatic N) is 1. The molecule has 1 aliphatic carbocycles. The Morgan fingerprint density at radius 2 is 2.00 bits per heavy atom. The molecular formula is C13H16ClN3O3. The van der Waals surface area contributed by atoms with E-state index in [0.29, 0.717) is 5.69 Å². The van der Waals surface area contributed by atoms with Gasteiger partial charge in [-0.2, -0.15) is 0 Å². The minimum absolute atomic E-state index is 0.103. The molecule has 1 saturated carbocycles. The highest BCUT2D eigenvalue weighted by Crippen LogP contribution is 2.26. The zero-order valence-corrected chi connectivity index (χ0v) is 11.7. The molecule has 1 aliphatic rings. The fourth-order valence-electron chi connectivity index (χ4n) is 2.31. The molecule has 7 heteroatoms. The van der Waals surface area contributed by atoms with Gasteiger partial charge in [-0.05, 0) is 18.9 Å². The fraction of sp³-hybridized carbons (Fsp3) is 0.462. The summed E-state index contributed by atoms with van der Waals surface area (Å²) >= 11 is 5.91. The van der Waals surface area contributed by atoms with Crippen LogP contribution in [0.15, 0.2) is 18.2 Å². The number of non-ortho nitro benzene ring substituents is 1. The lowest BCUT2D eigenvalue weighted by molar-refractivity contribution is -0.384. The van der Waals surface area contributed by atoms with Crippen molar-refractivity contribution >= 4 is 29.0 Å². The van der Waals surface area contributed by atoms with Crippen molar-refractivity contribution < 1.29 is 9.72 Å². The lowest BCUT2D eigenvalue weighted by Gasteiger charge is -2.23. The van der Waals surface area contributed by atoms with Crippen molar-refractivity contribution in [2.45, 2.75) is 38.1 Å². The summed E-state index contributed by atoms with van der Waals surface area (Å²) in [6, 6.07) is 3.83. The van der Waals surface area contributed by atoms with E-state index >= 15 is 0 Å². The average Bonchev–Trinajstić information content (AvgIpc) is 2.42. The van der Waals surface area contributed by atoms with E-state index in [1.807, 2.05) is 0 Å². The van der Waals surface area contributed by atoms with Crippen molar-refractivity contribution in [2.75, 3.05) is 5.32 Å². The standard InChI is InChI=1S/C13H16ClN3O3/c14-11-8-10(17(19)20)6-7-12(11)16-13(18)15-9-4-2-1-3-5-9/h6-9H,1-5H2,(H2,15,16,18). The monoisotopic (exact) mass is 297 g/mol. The van der Waals surface area contributed by atoms with Crippen LogP contribution in [0.4, 0.5) is 16.2 Å². The summed E-state index contributed by atoms with van der Waals surface area (Å²) in [4.78, 5) is 21.9. The third kappa shape index (κ3) is 3.84. The number of anilines is 1. The summed E-state index contributed by atoms with van der Waals surface area (Å²) in [6.45, 7) is 0. The van der Waals surface area contributed by atoms with Crippen LogP contribution >= 0.6 is 11.6 Å². The Kier molecular flexibility index (Phi) is 4.79. The number of halogens is 1. The first-order chi connectivity index (χ1) is 9.56. The van der Waals surface area contributed by atoms with Gasteiger partial charge in [-0.15, -0.1) is 0 Å². The van der Waals surface area contributed by atoms with Gasteiger partial charge < -0.3 is 10.6 Å². The third-order valence-electron chi connectivity index (χ3n) is 3.35. The van der Waals surface area contributed by atoms with Crippen LogP contribution in [0.1, 0.15) is 32.1 Å². The van der Waals surface area contributed by atoms with Crippen LogP contribution in [0.5, 0.6) is 0 Å². The Morgan fingerprint density at radius 3 is 2.60 bits per heavy atom. The van der Waals surface area contributed by atoms with Gasteiger partial charge in [-0.25, -0.2) is 4.79 Å². The number of carbonyl (C=O) groups excluding carboxylic acids is 1. The highest BCUT2D eigenvalue weighted by atomic mass is 35.5. The molecule has 0 bridgehead atoms. The maximum atomic E-state index is 11.8. The van der Waals surface area contributed by atoms with Crippen LogP contribution in [-0.2, 0) is 0 Å². The number of benzene rings is 1. The number of nitro groups is 1. The van der Waals surface area contributed by atoms with Gasteiger partial charge in [0.25, 0.3) is 5.69 Å². The van der Waals surface area contributed by atoms with E-state index in [9.17, 15) is 14.9 Å². The number of nitro benzene ring substituents is 1. The Bertz CT molecular complexity index is 516. The largest absolute Gasteiger partial charge is 0.335 e. The van der Waals surface area contributed by atoms with Crippen LogP contribution in [-0.4, -0.2) is 17.0 Å². The van der Waals surface area contributed by atoms with E-state index in [2.05, 4.69) is 10.6 Å². The first-order valence-electron chi connectivity index (χ1n) is 6.58. The minimum atomic E-state index is -0.530. The van der Waals surface area contributed by atoms with Crippen LogP contribution in [0.2, 0.25) is 5.02 Å². The number of rotatable bonds is 3. The first kappa shape index (κ1) is 14.6. The van der Waals surface area contributed by atoms with Gasteiger partial charge in [-0.3, -0.25) is 10.1 Å². The SMILES string of the molecule is O=C(Nc1ccc([N+](=O)[O-])cc1Cl)NC1CCCCC1. The molecule has 0 heterocycles. The Labute approximate surface area is 121 Å². The minimum Gasteiger partial charge on any atom is -0.335 e. The van der Waals surface area contributed by atoms with Gasteiger partial charge in [0, 0.05) is 18.2 Å². The number of urea groups is 1. The normalized spacial score (nSPS) is 15.7. The van der Waals surface area contributed by atoms with Crippen molar-refractivity contribution in [2.24, 2.45) is 0 Å². The first-order valence-corrected chi connectivity index (χ1v) is 6.95. The topological polar surface area (TPSA) is 84.3 Å². The van der Waals surface area contributed by atoms with Gasteiger partial charge in [0.2, 0.25) is 0 Å². The van der Waals surface area contributed by atoms with Crippen LogP contribution < -0.4 is 10.6 Å². The molecule has 6 nitrogen and oxygen atoms in total. The summed E-state index contributed by atoms with van der Waals surface area (Å²) in [5.41, 5.74) is 0.263. The molecule has 0 spiro atoms. The maximum absolute atomic E-state index is 11.8. The van der Waals surface area contributed by atoms with Crippen molar-refractivity contribution in [1.29, 1.82) is 0 Å². The Morgan fingerprint density at radius 1 is 1.30 bits per heavy atom. The van der Waals surface area contributed by atoms with Gasteiger partial charge in [0.15, 0.2) is 0 Å². The molecular weight excluding hydrogens is 282 g/mol. The summed E-state index contributed by atoms with van der Waals surface area (Å²) in [5.74, 6) is 0. The average molecular weight is 298 g/mol. The molecule has 1 aromatic carbocycles. The predicted molar refractivity (Wildman–Crippen MR) is 77.1 cm³/mol. The summed E-state index contributed by atoms with van der Waals surface area (Å²) in [6.07, 6.45) is 5.45. The number of hydrogen-bond acceptors (Lipinski definition) is 3. The van der Waals surface area contributed by atoms with Crippen LogP contribution in [0.25, 0.3) is 0 Å². The molecule has 0 aliphatic heterocycles. The van der Waals surface area contributed by atoms with Gasteiger partial charge in [0.05, 0.1) is 15.6 Å². The van der Waals surface area contributed by atoms with Crippen molar-refractivity contribution in [3.8, 4) is 0 Å². The number of carbonyl (C=O) groups is 1. The highest BCUT2D eigenvalue weighted by molar-refractivity contribution is 6.33. The van der Waals surface area contributed by atoms with E-state index < -0.39 is 4.92 Å². The van der Waals surface area contributed by atoms with Crippen LogP contribution in [0, 0.1) is 10.1 Å². The van der Waals surface area contributed by atoms with Gasteiger partial charge in [0.1, 0.15) is 0 Å². The van der Waals surface area contributed by atoms with Gasteiger partial charge in [-0.1, -0.05) is 30.9 Å². The molecule has 2 rings (SSSR count). The molecule has 108 valence electrons. The van der Waals surface area contributed by atoms with Crippen LogP contribution in [0.3, 0.4) is 0 Å². The quantitative estimate of drug-likeness (QED) is 0.659. The second kappa shape index (κ2) is 6.56. The lowest BCUT2D eigenvalue weighted by Crippen LogP contribution is -2.39. The molecule has 0 radical (unpaired) electrons. The second-order valence-corrected chi connectivity index (χ2v) is 5.26. The Hall–Kier alpha value is -1.82. The predicted octanol–water partition coefficient (Wildman–Crippen LogP) is 3.70. The zero-order chi connectivity index (χ0) is 14.5. The third-order valence-corrected chi connectivity index (χ3v) is 3.66. The molecule has 2 N–H and O–H groups in total. The number of nitrogens with one attached hydrogen (secondary N) is 2. The molecule has 1 fully saturated rings. The zero-order valence-electron chi connectivity index (χ0n) is 10.9. The van der Waals surface area contributed by atoms with Crippen molar-refractivity contribution in [1.82, 2.24) is 5.32 Å². The molecule has 20 heavy (non-hydrogen) atoms. The molecule has 2 amide bonds. The van der Waals surface area contributed by atoms with E-state index in [0.717, 1.165) is 25.7 Å². The van der Waals surface area contributed by atoms with Gasteiger partial charge >= 0.3 is 6.03 Å². The smallest absolute Gasteiger partial charge is 0.319 e. The van der Waals surface area contributed by atoms with E-state index in [-0.39, 0.29) is 22.8 Å². The fourth-order valence-corrected chi connectivity index (χ4v) is 2.53. The number of amides is 2. The lowest BCUT2D eigenvalue weighted by atomic mass is 9.96. The summed E-state index contributed by atoms with van der Waals surface area (Å²) < 4.78 is 0. The molecule has 1 aromatic rings. The molecule has 0 atom stereocenters. The maximum Gasteiger partial charge on any atom is 0.319 e. The van der Waals surface area contributed by atoms with Crippen molar-refractivity contribution in [3.05, 3.63) is 33.3 Å². The van der Waals surface area contributed by atoms with Crippen molar-refractivity contribution in [3.63, 3.8) is 0 Å². The second-order valence-electron chi connectivity index (χ2n) is 4.85. The Balaban J connectivity index is 1.95. The summed E-state index contributed by atoms with van der Waals surface area (Å²) in [7, 11) is 0.